The quantitative estimate of drug-likeness (QED) is 0.755. The fourth-order valence-corrected chi connectivity index (χ4v) is 3.02. The summed E-state index contributed by atoms with van der Waals surface area (Å²) in [6, 6.07) is 5.38. The van der Waals surface area contributed by atoms with Gasteiger partial charge < -0.3 is 29.4 Å². The Hall–Kier alpha value is -3.34. The Balaban J connectivity index is 2.79. The Morgan fingerprint density at radius 3 is 2.41 bits per heavy atom. The lowest BCUT2D eigenvalue weighted by Gasteiger charge is -2.28. The molecule has 27 heavy (non-hydrogen) atoms. The number of nitriles is 1. The van der Waals surface area contributed by atoms with Crippen LogP contribution in [0.15, 0.2) is 34.9 Å². The van der Waals surface area contributed by atoms with Gasteiger partial charge in [-0.15, -0.1) is 0 Å². The lowest BCUT2D eigenvalue weighted by Crippen LogP contribution is -2.26. The summed E-state index contributed by atoms with van der Waals surface area (Å²) in [5.74, 6) is -0.162. The van der Waals surface area contributed by atoms with E-state index >= 15 is 0 Å². The van der Waals surface area contributed by atoms with E-state index < -0.39 is 11.9 Å². The SMILES string of the molecule is CCOC(=O)C1=C(C)OC(N)=C(C#N)C1c1ccc(OC)c(OC)c1OC. The van der Waals surface area contributed by atoms with Crippen molar-refractivity contribution in [1.82, 2.24) is 0 Å². The molecule has 0 saturated heterocycles. The molecule has 1 aliphatic heterocycles. The first kappa shape index (κ1) is 20.0. The monoisotopic (exact) mass is 374 g/mol. The number of carbonyl (C=O) groups is 1. The van der Waals surface area contributed by atoms with Gasteiger partial charge in [-0.1, -0.05) is 6.07 Å². The molecule has 2 rings (SSSR count). The number of ether oxygens (including phenoxy) is 5. The van der Waals surface area contributed by atoms with Gasteiger partial charge in [-0.05, 0) is 19.9 Å². The summed E-state index contributed by atoms with van der Waals surface area (Å²) < 4.78 is 26.8. The van der Waals surface area contributed by atoms with Crippen LogP contribution in [0, 0.1) is 11.3 Å². The molecule has 0 amide bonds. The van der Waals surface area contributed by atoms with Crippen LogP contribution in [0.25, 0.3) is 0 Å². The number of benzene rings is 1. The molecule has 0 fully saturated rings. The highest BCUT2D eigenvalue weighted by Gasteiger charge is 2.38. The molecule has 1 aliphatic rings. The first-order valence-electron chi connectivity index (χ1n) is 8.19. The molecule has 8 heteroatoms. The maximum atomic E-state index is 12.6. The number of allylic oxidation sites excluding steroid dienone is 2. The number of nitrogens with two attached hydrogens (primary N) is 1. The fourth-order valence-electron chi connectivity index (χ4n) is 3.02. The van der Waals surface area contributed by atoms with Gasteiger partial charge in [0.25, 0.3) is 0 Å². The van der Waals surface area contributed by atoms with Gasteiger partial charge in [0, 0.05) is 5.56 Å². The predicted molar refractivity (Wildman–Crippen MR) is 96.1 cm³/mol. The van der Waals surface area contributed by atoms with E-state index in [0.717, 1.165) is 0 Å². The van der Waals surface area contributed by atoms with E-state index in [4.69, 9.17) is 29.4 Å². The number of hydrogen-bond donors (Lipinski definition) is 1. The summed E-state index contributed by atoms with van der Waals surface area (Å²) in [4.78, 5) is 12.6. The summed E-state index contributed by atoms with van der Waals surface area (Å²) >= 11 is 0. The highest BCUT2D eigenvalue weighted by atomic mass is 16.5. The minimum absolute atomic E-state index is 0.0779. The molecule has 2 N–H and O–H groups in total. The Bertz CT molecular complexity index is 850. The summed E-state index contributed by atoms with van der Waals surface area (Å²) in [6.45, 7) is 3.46. The van der Waals surface area contributed by atoms with Gasteiger partial charge in [-0.2, -0.15) is 5.26 Å². The Morgan fingerprint density at radius 1 is 1.22 bits per heavy atom. The largest absolute Gasteiger partial charge is 0.493 e. The molecule has 144 valence electrons. The maximum absolute atomic E-state index is 12.6. The summed E-state index contributed by atoms with van der Waals surface area (Å²) in [6.07, 6.45) is 0. The zero-order chi connectivity index (χ0) is 20.1. The van der Waals surface area contributed by atoms with Gasteiger partial charge in [-0.25, -0.2) is 4.79 Å². The van der Waals surface area contributed by atoms with Crippen molar-refractivity contribution in [2.75, 3.05) is 27.9 Å². The molecule has 0 bridgehead atoms. The first-order chi connectivity index (χ1) is 12.9. The van der Waals surface area contributed by atoms with E-state index in [-0.39, 0.29) is 29.4 Å². The zero-order valence-corrected chi connectivity index (χ0v) is 15.9. The van der Waals surface area contributed by atoms with Crippen molar-refractivity contribution in [2.45, 2.75) is 19.8 Å². The van der Waals surface area contributed by atoms with E-state index in [2.05, 4.69) is 0 Å². The van der Waals surface area contributed by atoms with E-state index in [0.29, 0.717) is 22.8 Å². The highest BCUT2D eigenvalue weighted by molar-refractivity contribution is 5.93. The van der Waals surface area contributed by atoms with Crippen molar-refractivity contribution < 1.29 is 28.5 Å². The van der Waals surface area contributed by atoms with Crippen LogP contribution in [0.5, 0.6) is 17.2 Å². The second kappa shape index (κ2) is 8.36. The molecule has 0 aliphatic carbocycles. The second-order valence-corrected chi connectivity index (χ2v) is 5.54. The van der Waals surface area contributed by atoms with Gasteiger partial charge >= 0.3 is 5.97 Å². The third-order valence-electron chi connectivity index (χ3n) is 4.15. The average molecular weight is 374 g/mol. The fraction of sp³-hybridized carbons (Fsp3) is 0.368. The summed E-state index contributed by atoms with van der Waals surface area (Å²) in [7, 11) is 4.43. The van der Waals surface area contributed by atoms with Crippen LogP contribution < -0.4 is 19.9 Å². The molecule has 0 saturated carbocycles. The van der Waals surface area contributed by atoms with E-state index in [1.807, 2.05) is 6.07 Å². The lowest BCUT2D eigenvalue weighted by atomic mass is 9.82. The van der Waals surface area contributed by atoms with Crippen molar-refractivity contribution in [3.05, 3.63) is 40.5 Å². The zero-order valence-electron chi connectivity index (χ0n) is 15.9. The standard InChI is InChI=1S/C19H22N2O6/c1-6-26-19(22)14-10(2)27-18(21)12(9-20)15(14)11-7-8-13(23-3)17(25-5)16(11)24-4/h7-8,15H,6,21H2,1-5H3. The predicted octanol–water partition coefficient (Wildman–Crippen LogP) is 2.36. The molecule has 1 heterocycles. The Kier molecular flexibility index (Phi) is 6.19. The molecule has 1 unspecified atom stereocenters. The van der Waals surface area contributed by atoms with Crippen molar-refractivity contribution in [1.29, 1.82) is 5.26 Å². The minimum Gasteiger partial charge on any atom is -0.493 e. The van der Waals surface area contributed by atoms with Crippen LogP contribution in [0.3, 0.4) is 0 Å². The number of nitrogens with zero attached hydrogens (tertiary/aromatic N) is 1. The molecule has 0 aromatic heterocycles. The van der Waals surface area contributed by atoms with E-state index in [1.54, 1.807) is 26.0 Å². The van der Waals surface area contributed by atoms with Crippen molar-refractivity contribution in [2.24, 2.45) is 5.73 Å². The third kappa shape index (κ3) is 3.49. The lowest BCUT2D eigenvalue weighted by molar-refractivity contribution is -0.139. The topological polar surface area (TPSA) is 113 Å². The highest BCUT2D eigenvalue weighted by Crippen LogP contribution is 2.48. The number of hydrogen-bond acceptors (Lipinski definition) is 8. The van der Waals surface area contributed by atoms with E-state index in [9.17, 15) is 10.1 Å². The van der Waals surface area contributed by atoms with Crippen LogP contribution >= 0.6 is 0 Å². The van der Waals surface area contributed by atoms with E-state index in [1.165, 1.54) is 21.3 Å². The van der Waals surface area contributed by atoms with Gasteiger partial charge in [-0.3, -0.25) is 0 Å². The van der Waals surface area contributed by atoms with Gasteiger partial charge in [0.15, 0.2) is 11.5 Å². The molecular weight excluding hydrogens is 352 g/mol. The average Bonchev–Trinajstić information content (AvgIpc) is 2.66. The van der Waals surface area contributed by atoms with Gasteiger partial charge in [0.1, 0.15) is 17.4 Å². The molecule has 0 spiro atoms. The molecule has 0 radical (unpaired) electrons. The van der Waals surface area contributed by atoms with Crippen LogP contribution in [0.1, 0.15) is 25.3 Å². The second-order valence-electron chi connectivity index (χ2n) is 5.54. The summed E-state index contributed by atoms with van der Waals surface area (Å²) in [5, 5.41) is 9.66. The van der Waals surface area contributed by atoms with Crippen LogP contribution in [0.4, 0.5) is 0 Å². The molecular formula is C19H22N2O6. The number of carbonyl (C=O) groups excluding carboxylic acids is 1. The molecule has 1 aromatic rings. The third-order valence-corrected chi connectivity index (χ3v) is 4.15. The number of esters is 1. The minimum atomic E-state index is -0.836. The van der Waals surface area contributed by atoms with Crippen LogP contribution in [0.2, 0.25) is 0 Å². The number of methoxy groups -OCH3 is 3. The maximum Gasteiger partial charge on any atom is 0.338 e. The summed E-state index contributed by atoms with van der Waals surface area (Å²) in [5.41, 5.74) is 6.67. The van der Waals surface area contributed by atoms with Gasteiger partial charge in [0.2, 0.25) is 11.6 Å². The van der Waals surface area contributed by atoms with Crippen molar-refractivity contribution >= 4 is 5.97 Å². The normalized spacial score (nSPS) is 16.4. The van der Waals surface area contributed by atoms with Crippen LogP contribution in [-0.4, -0.2) is 33.9 Å². The molecule has 1 atom stereocenters. The Labute approximate surface area is 157 Å². The van der Waals surface area contributed by atoms with Crippen molar-refractivity contribution in [3.63, 3.8) is 0 Å². The van der Waals surface area contributed by atoms with Gasteiger partial charge in [0.05, 0.1) is 39.4 Å². The van der Waals surface area contributed by atoms with Crippen molar-refractivity contribution in [3.8, 4) is 23.3 Å². The van der Waals surface area contributed by atoms with Crippen LogP contribution in [-0.2, 0) is 14.3 Å². The first-order valence-corrected chi connectivity index (χ1v) is 8.19. The Morgan fingerprint density at radius 2 is 1.89 bits per heavy atom. The molecule has 8 nitrogen and oxygen atoms in total. The molecule has 1 aromatic carbocycles. The smallest absolute Gasteiger partial charge is 0.338 e. The number of rotatable bonds is 6.